The van der Waals surface area contributed by atoms with E-state index in [9.17, 15) is 4.79 Å². The van der Waals surface area contributed by atoms with Gasteiger partial charge in [0.15, 0.2) is 0 Å². The van der Waals surface area contributed by atoms with E-state index in [-0.39, 0.29) is 5.91 Å². The molecule has 1 fully saturated rings. The summed E-state index contributed by atoms with van der Waals surface area (Å²) in [6, 6.07) is 4.50. The summed E-state index contributed by atoms with van der Waals surface area (Å²) >= 11 is 0. The Bertz CT molecular complexity index is 760. The number of nitrogens with zero attached hydrogens (tertiary/aromatic N) is 1. The lowest BCUT2D eigenvalue weighted by Gasteiger charge is -2.36. The van der Waals surface area contributed by atoms with Crippen LogP contribution in [0.2, 0.25) is 0 Å². The molecule has 1 amide bonds. The highest BCUT2D eigenvalue weighted by Crippen LogP contribution is 2.25. The topological polar surface area (TPSA) is 54.7 Å². The van der Waals surface area contributed by atoms with Gasteiger partial charge in [0.05, 0.1) is 25.9 Å². The first-order valence-electron chi connectivity index (χ1n) is 9.51. The van der Waals surface area contributed by atoms with E-state index in [0.29, 0.717) is 24.9 Å². The van der Waals surface area contributed by atoms with Gasteiger partial charge in [-0.25, -0.2) is 0 Å². The van der Waals surface area contributed by atoms with Crippen molar-refractivity contribution in [1.29, 1.82) is 0 Å². The van der Waals surface area contributed by atoms with Gasteiger partial charge < -0.3 is 14.5 Å². The third-order valence-corrected chi connectivity index (χ3v) is 5.41. The lowest BCUT2D eigenvalue weighted by molar-refractivity contribution is -0.120. The molecule has 1 saturated heterocycles. The Hall–Kier alpha value is -1.85. The molecule has 5 nitrogen and oxygen atoms in total. The van der Waals surface area contributed by atoms with Crippen molar-refractivity contribution in [2.75, 3.05) is 32.8 Å². The number of fused-ring (bicyclic) bond motifs is 1. The Balaban J connectivity index is 1.62. The number of morpholine rings is 1. The fraction of sp³-hybridized carbons (Fsp3) is 0.571. The Kier molecular flexibility index (Phi) is 5.99. The predicted octanol–water partition coefficient (Wildman–Crippen LogP) is 3.07. The summed E-state index contributed by atoms with van der Waals surface area (Å²) in [7, 11) is 0. The van der Waals surface area contributed by atoms with Crippen LogP contribution in [-0.4, -0.2) is 49.7 Å². The number of ether oxygens (including phenoxy) is 1. The van der Waals surface area contributed by atoms with Crippen molar-refractivity contribution in [1.82, 2.24) is 10.2 Å². The zero-order valence-corrected chi connectivity index (χ0v) is 16.3. The fourth-order valence-electron chi connectivity index (χ4n) is 3.62. The van der Waals surface area contributed by atoms with Crippen molar-refractivity contribution in [3.8, 4) is 0 Å². The van der Waals surface area contributed by atoms with E-state index >= 15 is 0 Å². The number of furan rings is 1. The lowest BCUT2D eigenvalue weighted by Crippen LogP contribution is -2.51. The average molecular weight is 358 g/mol. The Morgan fingerprint density at radius 1 is 1.19 bits per heavy atom. The zero-order valence-electron chi connectivity index (χ0n) is 16.3. The number of aryl methyl sites for hydroxylation is 2. The van der Waals surface area contributed by atoms with E-state index in [2.05, 4.69) is 44.0 Å². The van der Waals surface area contributed by atoms with Crippen molar-refractivity contribution in [3.63, 3.8) is 0 Å². The minimum Gasteiger partial charge on any atom is -0.464 e. The number of rotatable bonds is 6. The van der Waals surface area contributed by atoms with Crippen LogP contribution < -0.4 is 5.32 Å². The van der Waals surface area contributed by atoms with Gasteiger partial charge in [-0.3, -0.25) is 9.69 Å². The third-order valence-electron chi connectivity index (χ3n) is 5.41. The highest BCUT2D eigenvalue weighted by Gasteiger charge is 2.24. The zero-order chi connectivity index (χ0) is 18.7. The second-order valence-electron chi connectivity index (χ2n) is 7.63. The summed E-state index contributed by atoms with van der Waals surface area (Å²) in [6.45, 7) is 12.7. The van der Waals surface area contributed by atoms with Gasteiger partial charge in [0.2, 0.25) is 5.91 Å². The molecule has 0 saturated carbocycles. The summed E-state index contributed by atoms with van der Waals surface area (Å²) in [6.07, 6.45) is 2.06. The SMILES string of the molecule is Cc1cc2occ(CC(=O)NCC(C(C)C)N3CCOCC3)c2cc1C. The summed E-state index contributed by atoms with van der Waals surface area (Å²) in [5, 5.41) is 4.17. The van der Waals surface area contributed by atoms with Crippen molar-refractivity contribution in [3.05, 3.63) is 35.1 Å². The number of carbonyl (C=O) groups excluding carboxylic acids is 1. The van der Waals surface area contributed by atoms with E-state index in [1.165, 1.54) is 11.1 Å². The molecule has 0 radical (unpaired) electrons. The third kappa shape index (κ3) is 4.27. The van der Waals surface area contributed by atoms with Gasteiger partial charge in [-0.1, -0.05) is 13.8 Å². The molecule has 2 aromatic rings. The maximum absolute atomic E-state index is 12.5. The molecular formula is C21H30N2O3. The van der Waals surface area contributed by atoms with Crippen LogP contribution in [-0.2, 0) is 16.0 Å². The molecule has 1 aliphatic heterocycles. The van der Waals surface area contributed by atoms with Crippen LogP contribution in [0, 0.1) is 19.8 Å². The van der Waals surface area contributed by atoms with E-state index in [0.717, 1.165) is 42.8 Å². The fourth-order valence-corrected chi connectivity index (χ4v) is 3.62. The van der Waals surface area contributed by atoms with Gasteiger partial charge in [-0.15, -0.1) is 0 Å². The van der Waals surface area contributed by atoms with Crippen molar-refractivity contribution >= 4 is 16.9 Å². The molecule has 0 bridgehead atoms. The average Bonchev–Trinajstić information content (AvgIpc) is 2.98. The molecule has 1 atom stereocenters. The molecule has 0 aliphatic carbocycles. The predicted molar refractivity (Wildman–Crippen MR) is 103 cm³/mol. The number of carbonyl (C=O) groups is 1. The molecule has 1 unspecified atom stereocenters. The Labute approximate surface area is 155 Å². The van der Waals surface area contributed by atoms with Gasteiger partial charge in [0.25, 0.3) is 0 Å². The van der Waals surface area contributed by atoms with E-state index < -0.39 is 0 Å². The second-order valence-corrected chi connectivity index (χ2v) is 7.63. The first kappa shape index (κ1) is 18.9. The number of benzene rings is 1. The van der Waals surface area contributed by atoms with Crippen LogP contribution in [0.5, 0.6) is 0 Å². The standard InChI is InChI=1S/C21H30N2O3/c1-14(2)19(23-5-7-25-8-6-23)12-22-21(24)11-17-13-26-20-10-16(4)15(3)9-18(17)20/h9-10,13-14,19H,5-8,11-12H2,1-4H3,(H,22,24). The largest absolute Gasteiger partial charge is 0.464 e. The van der Waals surface area contributed by atoms with Crippen molar-refractivity contribution in [2.24, 2.45) is 5.92 Å². The van der Waals surface area contributed by atoms with Crippen LogP contribution in [0.1, 0.15) is 30.5 Å². The number of nitrogens with one attached hydrogen (secondary N) is 1. The van der Waals surface area contributed by atoms with Crippen LogP contribution >= 0.6 is 0 Å². The molecular weight excluding hydrogens is 328 g/mol. The number of hydrogen-bond acceptors (Lipinski definition) is 4. The van der Waals surface area contributed by atoms with Crippen LogP contribution in [0.15, 0.2) is 22.8 Å². The van der Waals surface area contributed by atoms with Crippen molar-refractivity contribution < 1.29 is 13.9 Å². The molecule has 1 aliphatic rings. The minimum absolute atomic E-state index is 0.0461. The van der Waals surface area contributed by atoms with Gasteiger partial charge in [0.1, 0.15) is 5.58 Å². The molecule has 3 rings (SSSR count). The monoisotopic (exact) mass is 358 g/mol. The number of amides is 1. The maximum Gasteiger partial charge on any atom is 0.224 e. The first-order valence-corrected chi connectivity index (χ1v) is 9.51. The van der Waals surface area contributed by atoms with Crippen LogP contribution in [0.25, 0.3) is 11.0 Å². The molecule has 5 heteroatoms. The van der Waals surface area contributed by atoms with E-state index in [1.807, 2.05) is 6.07 Å². The van der Waals surface area contributed by atoms with Crippen molar-refractivity contribution in [2.45, 2.75) is 40.2 Å². The lowest BCUT2D eigenvalue weighted by atomic mass is 10.0. The minimum atomic E-state index is 0.0461. The van der Waals surface area contributed by atoms with Gasteiger partial charge >= 0.3 is 0 Å². The smallest absolute Gasteiger partial charge is 0.224 e. The quantitative estimate of drug-likeness (QED) is 0.862. The molecule has 1 aromatic heterocycles. The van der Waals surface area contributed by atoms with E-state index in [1.54, 1.807) is 6.26 Å². The molecule has 0 spiro atoms. The molecule has 1 aromatic carbocycles. The van der Waals surface area contributed by atoms with E-state index in [4.69, 9.17) is 9.15 Å². The normalized spacial score (nSPS) is 17.0. The van der Waals surface area contributed by atoms with Gasteiger partial charge in [-0.2, -0.15) is 0 Å². The second kappa shape index (κ2) is 8.23. The summed E-state index contributed by atoms with van der Waals surface area (Å²) in [5.74, 6) is 0.526. The maximum atomic E-state index is 12.5. The Morgan fingerprint density at radius 2 is 1.88 bits per heavy atom. The van der Waals surface area contributed by atoms with Gasteiger partial charge in [0, 0.05) is 36.6 Å². The molecule has 1 N–H and O–H groups in total. The highest BCUT2D eigenvalue weighted by molar-refractivity contribution is 5.88. The molecule has 142 valence electrons. The summed E-state index contributed by atoms with van der Waals surface area (Å²) < 4.78 is 11.1. The Morgan fingerprint density at radius 3 is 2.58 bits per heavy atom. The highest BCUT2D eigenvalue weighted by atomic mass is 16.5. The van der Waals surface area contributed by atoms with Gasteiger partial charge in [-0.05, 0) is 43.0 Å². The summed E-state index contributed by atoms with van der Waals surface area (Å²) in [5.41, 5.74) is 4.22. The van der Waals surface area contributed by atoms with Crippen LogP contribution in [0.4, 0.5) is 0 Å². The molecule has 26 heavy (non-hydrogen) atoms. The first-order chi connectivity index (χ1) is 12.5. The number of hydrogen-bond donors (Lipinski definition) is 1. The molecule has 2 heterocycles. The van der Waals surface area contributed by atoms with Crippen LogP contribution in [0.3, 0.4) is 0 Å². The summed E-state index contributed by atoms with van der Waals surface area (Å²) in [4.78, 5) is 14.9.